The molecule has 0 aliphatic rings. The van der Waals surface area contributed by atoms with Crippen molar-refractivity contribution >= 4 is 66.4 Å². The molecule has 0 spiro atoms. The van der Waals surface area contributed by atoms with E-state index in [1.807, 2.05) is 0 Å². The molecule has 2 heteroatoms. The molecule has 0 saturated heterocycles. The minimum atomic E-state index is 1.09. The quantitative estimate of drug-likeness (QED) is 0.119. The largest absolute Gasteiger partial charge is 0.311 e. The summed E-state index contributed by atoms with van der Waals surface area (Å²) in [6, 6.07) is 110. The summed E-state index contributed by atoms with van der Waals surface area (Å²) in [5.41, 5.74) is 18.4. The zero-order valence-corrected chi connectivity index (χ0v) is 40.8. The second-order valence-electron chi connectivity index (χ2n) is 18.8. The Labute approximate surface area is 433 Å². The van der Waals surface area contributed by atoms with Gasteiger partial charge in [0.15, 0.2) is 0 Å². The predicted octanol–water partition coefficient (Wildman–Crippen LogP) is 20.4. The van der Waals surface area contributed by atoms with E-state index in [0.29, 0.717) is 0 Å². The molecule has 0 N–H and O–H groups in total. The third-order valence-electron chi connectivity index (χ3n) is 14.4. The average Bonchev–Trinajstić information content (AvgIpc) is 3.55. The average molecular weight is 943 g/mol. The molecule has 0 aliphatic carbocycles. The number of benzene rings is 13. The fourth-order valence-electron chi connectivity index (χ4n) is 11.0. The molecule has 348 valence electrons. The molecule has 13 rings (SSSR count). The zero-order valence-electron chi connectivity index (χ0n) is 40.8. The number of rotatable bonds is 11. The maximum atomic E-state index is 2.47. The molecule has 0 bridgehead atoms. The lowest BCUT2D eigenvalue weighted by Crippen LogP contribution is -2.09. The van der Waals surface area contributed by atoms with E-state index in [2.05, 4.69) is 313 Å². The third kappa shape index (κ3) is 8.25. The molecule has 2 nitrogen and oxygen atoms in total. The van der Waals surface area contributed by atoms with E-state index in [1.54, 1.807) is 0 Å². The van der Waals surface area contributed by atoms with Crippen LogP contribution in [-0.4, -0.2) is 0 Å². The van der Waals surface area contributed by atoms with Crippen molar-refractivity contribution in [3.63, 3.8) is 0 Å². The number of hydrogen-bond acceptors (Lipinski definition) is 2. The van der Waals surface area contributed by atoms with Gasteiger partial charge in [-0.1, -0.05) is 212 Å². The van der Waals surface area contributed by atoms with Crippen molar-refractivity contribution in [3.05, 3.63) is 303 Å². The van der Waals surface area contributed by atoms with E-state index in [9.17, 15) is 0 Å². The lowest BCUT2D eigenvalue weighted by atomic mass is 9.80. The number of nitrogens with zero attached hydrogens (tertiary/aromatic N) is 2. The Morgan fingerprint density at radius 2 is 0.473 bits per heavy atom. The molecule has 0 amide bonds. The van der Waals surface area contributed by atoms with Crippen LogP contribution in [0.15, 0.2) is 303 Å². The minimum Gasteiger partial charge on any atom is -0.311 e. The van der Waals surface area contributed by atoms with Crippen LogP contribution in [0.25, 0.3) is 88.0 Å². The molecule has 13 aromatic rings. The van der Waals surface area contributed by atoms with Gasteiger partial charge in [-0.3, -0.25) is 0 Å². The Kier molecular flexibility index (Phi) is 11.6. The maximum Gasteiger partial charge on any atom is 0.0462 e. The van der Waals surface area contributed by atoms with Gasteiger partial charge in [-0.05, 0) is 179 Å². The SMILES string of the molecule is c1ccc(-c2ccc3c(c2)c2cc(-c4ccccc4)ccc2c2c(-c4ccc(N(c5ccccc5)c5ccccc5)cc4)c(-c4ccccc4)cc(-c4ccc(N(c5ccccc5)c5ccccc5)cc4)c32)cc1. The molecule has 0 fully saturated rings. The number of para-hydroxylation sites is 4. The van der Waals surface area contributed by atoms with Crippen LogP contribution in [0.1, 0.15) is 0 Å². The van der Waals surface area contributed by atoms with Gasteiger partial charge >= 0.3 is 0 Å². The Hall–Kier alpha value is -9.76. The van der Waals surface area contributed by atoms with Crippen molar-refractivity contribution in [2.24, 2.45) is 0 Å². The molecule has 13 aromatic carbocycles. The van der Waals surface area contributed by atoms with E-state index < -0.39 is 0 Å². The van der Waals surface area contributed by atoms with Crippen LogP contribution < -0.4 is 9.80 Å². The first-order valence-electron chi connectivity index (χ1n) is 25.4. The summed E-state index contributed by atoms with van der Waals surface area (Å²) in [5.74, 6) is 0. The number of hydrogen-bond donors (Lipinski definition) is 0. The van der Waals surface area contributed by atoms with Gasteiger partial charge in [0, 0.05) is 34.1 Å². The summed E-state index contributed by atoms with van der Waals surface area (Å²) in [5, 5.41) is 7.32. The third-order valence-corrected chi connectivity index (χ3v) is 14.4. The van der Waals surface area contributed by atoms with Crippen LogP contribution >= 0.6 is 0 Å². The van der Waals surface area contributed by atoms with Gasteiger partial charge in [-0.15, -0.1) is 0 Å². The summed E-state index contributed by atoms with van der Waals surface area (Å²) >= 11 is 0. The molecular formula is C72H50N2. The first-order valence-corrected chi connectivity index (χ1v) is 25.4. The van der Waals surface area contributed by atoms with Crippen molar-refractivity contribution in [2.45, 2.75) is 0 Å². The van der Waals surface area contributed by atoms with Crippen LogP contribution in [0, 0.1) is 0 Å². The highest BCUT2D eigenvalue weighted by Gasteiger charge is 2.24. The first kappa shape index (κ1) is 44.2. The summed E-state index contributed by atoms with van der Waals surface area (Å²) in [6.45, 7) is 0. The number of anilines is 6. The molecule has 0 saturated carbocycles. The number of fused-ring (bicyclic) bond motifs is 6. The van der Waals surface area contributed by atoms with Crippen LogP contribution in [0.5, 0.6) is 0 Å². The monoisotopic (exact) mass is 942 g/mol. The topological polar surface area (TPSA) is 6.48 Å². The van der Waals surface area contributed by atoms with Crippen LogP contribution in [0.3, 0.4) is 0 Å². The summed E-state index contributed by atoms with van der Waals surface area (Å²) in [4.78, 5) is 4.67. The minimum absolute atomic E-state index is 1.09. The highest BCUT2D eigenvalue weighted by atomic mass is 15.1. The highest BCUT2D eigenvalue weighted by Crippen LogP contribution is 2.51. The van der Waals surface area contributed by atoms with E-state index in [0.717, 1.165) is 50.8 Å². The van der Waals surface area contributed by atoms with Crippen LogP contribution in [-0.2, 0) is 0 Å². The van der Waals surface area contributed by atoms with Gasteiger partial charge in [0.25, 0.3) is 0 Å². The molecule has 0 radical (unpaired) electrons. The van der Waals surface area contributed by atoms with E-state index in [1.165, 1.54) is 71.3 Å². The van der Waals surface area contributed by atoms with Gasteiger partial charge in [0.1, 0.15) is 0 Å². The molecule has 0 aromatic heterocycles. The Balaban J connectivity index is 1.12. The van der Waals surface area contributed by atoms with Crippen molar-refractivity contribution in [1.82, 2.24) is 0 Å². The van der Waals surface area contributed by atoms with Gasteiger partial charge in [-0.2, -0.15) is 0 Å². The Bertz CT molecular complexity index is 3970. The van der Waals surface area contributed by atoms with Gasteiger partial charge < -0.3 is 9.80 Å². The fourth-order valence-corrected chi connectivity index (χ4v) is 11.0. The maximum absolute atomic E-state index is 2.47. The van der Waals surface area contributed by atoms with Gasteiger partial charge in [-0.25, -0.2) is 0 Å². The van der Waals surface area contributed by atoms with Gasteiger partial charge in [0.05, 0.1) is 0 Å². The van der Waals surface area contributed by atoms with Crippen molar-refractivity contribution < 1.29 is 0 Å². The molecule has 0 heterocycles. The van der Waals surface area contributed by atoms with Crippen molar-refractivity contribution in [1.29, 1.82) is 0 Å². The summed E-state index contributed by atoms with van der Waals surface area (Å²) < 4.78 is 0. The Morgan fingerprint density at radius 3 is 0.865 bits per heavy atom. The predicted molar refractivity (Wildman–Crippen MR) is 316 cm³/mol. The second-order valence-corrected chi connectivity index (χ2v) is 18.8. The van der Waals surface area contributed by atoms with Crippen molar-refractivity contribution in [3.8, 4) is 55.6 Å². The lowest BCUT2D eigenvalue weighted by Gasteiger charge is -2.26. The highest BCUT2D eigenvalue weighted by molar-refractivity contribution is 6.33. The normalized spacial score (nSPS) is 11.2. The molecule has 0 unspecified atom stereocenters. The Morgan fingerprint density at radius 1 is 0.176 bits per heavy atom. The fraction of sp³-hybridized carbons (Fsp3) is 0. The van der Waals surface area contributed by atoms with E-state index in [-0.39, 0.29) is 0 Å². The van der Waals surface area contributed by atoms with Crippen molar-refractivity contribution in [2.75, 3.05) is 9.80 Å². The van der Waals surface area contributed by atoms with Crippen LogP contribution in [0.2, 0.25) is 0 Å². The standard InChI is InChI=1S/C72H50N2/c1-8-22-51(23-9-1)56-40-46-64-68(48-56)69-49-57(52-24-10-2-11-25-52)41-47-65(69)72-70(55-38-44-63(45-39-55)74(60-32-18-6-19-33-60)61-34-20-7-21-35-61)66(53-26-12-3-13-27-53)50-67(71(64)72)54-36-42-62(43-37-54)73(58-28-14-4-15-29-58)59-30-16-5-17-31-59/h1-50H. The van der Waals surface area contributed by atoms with Gasteiger partial charge in [0.2, 0.25) is 0 Å². The summed E-state index contributed by atoms with van der Waals surface area (Å²) in [6.07, 6.45) is 0. The van der Waals surface area contributed by atoms with Crippen LogP contribution in [0.4, 0.5) is 34.1 Å². The first-order chi connectivity index (χ1) is 36.7. The molecular weight excluding hydrogens is 893 g/mol. The zero-order chi connectivity index (χ0) is 49.2. The smallest absolute Gasteiger partial charge is 0.0462 e. The summed E-state index contributed by atoms with van der Waals surface area (Å²) in [7, 11) is 0. The second kappa shape index (κ2) is 19.4. The lowest BCUT2D eigenvalue weighted by molar-refractivity contribution is 1.28. The molecule has 0 aliphatic heterocycles. The van der Waals surface area contributed by atoms with E-state index in [4.69, 9.17) is 0 Å². The molecule has 0 atom stereocenters. The van der Waals surface area contributed by atoms with E-state index >= 15 is 0 Å². The molecule has 74 heavy (non-hydrogen) atoms.